The third-order valence-electron chi connectivity index (χ3n) is 2.80. The monoisotopic (exact) mass is 262 g/mol. The Balaban J connectivity index is 2.55. The molecule has 0 fully saturated rings. The minimum absolute atomic E-state index is 0.402. The van der Waals surface area contributed by atoms with Crippen LogP contribution in [0.4, 0.5) is 5.82 Å². The summed E-state index contributed by atoms with van der Waals surface area (Å²) in [5, 5.41) is 6.19. The van der Waals surface area contributed by atoms with Crippen molar-refractivity contribution in [1.29, 1.82) is 0 Å². The molecular weight excluding hydrogens is 244 g/mol. The van der Waals surface area contributed by atoms with Crippen molar-refractivity contribution in [3.8, 4) is 11.5 Å². The number of hydrogen-bond acceptors (Lipinski definition) is 5. The lowest BCUT2D eigenvalue weighted by atomic mass is 10.0. The van der Waals surface area contributed by atoms with Gasteiger partial charge in [0, 0.05) is 23.7 Å². The van der Waals surface area contributed by atoms with Crippen LogP contribution < -0.4 is 5.32 Å². The Hall–Kier alpha value is -1.49. The molecule has 0 atom stereocenters. The first-order valence-electron chi connectivity index (χ1n) is 6.01. The third kappa shape index (κ3) is 2.36. The van der Waals surface area contributed by atoms with E-state index < -0.39 is 0 Å². The summed E-state index contributed by atoms with van der Waals surface area (Å²) in [7, 11) is 1.89. The van der Waals surface area contributed by atoms with Crippen LogP contribution in [-0.4, -0.2) is 22.0 Å². The molecule has 2 rings (SSSR count). The molecule has 0 aliphatic rings. The van der Waals surface area contributed by atoms with Gasteiger partial charge >= 0.3 is 0 Å². The summed E-state index contributed by atoms with van der Waals surface area (Å²) in [4.78, 5) is 13.6. The SMILES string of the molecule is CNc1nc(-c2csc(C)n2)nc(C)c1C(C)C. The lowest BCUT2D eigenvalue weighted by Gasteiger charge is -2.14. The fourth-order valence-electron chi connectivity index (χ4n) is 2.04. The Morgan fingerprint density at radius 2 is 1.89 bits per heavy atom. The standard InChI is InChI=1S/C13H18N4S/c1-7(2)11-8(3)15-12(17-13(11)14-5)10-6-18-9(4)16-10/h6-7H,1-5H3,(H,14,15,17). The van der Waals surface area contributed by atoms with Gasteiger partial charge in [0.15, 0.2) is 5.82 Å². The molecule has 0 saturated carbocycles. The van der Waals surface area contributed by atoms with E-state index in [1.807, 2.05) is 26.3 Å². The van der Waals surface area contributed by atoms with E-state index >= 15 is 0 Å². The molecule has 18 heavy (non-hydrogen) atoms. The number of rotatable bonds is 3. The van der Waals surface area contributed by atoms with Crippen LogP contribution in [0.3, 0.4) is 0 Å². The highest BCUT2D eigenvalue weighted by Gasteiger charge is 2.15. The van der Waals surface area contributed by atoms with E-state index in [4.69, 9.17) is 0 Å². The van der Waals surface area contributed by atoms with E-state index in [2.05, 4.69) is 34.1 Å². The maximum atomic E-state index is 4.58. The number of thiazole rings is 1. The van der Waals surface area contributed by atoms with E-state index in [0.717, 1.165) is 22.2 Å². The average Bonchev–Trinajstić information content (AvgIpc) is 2.74. The van der Waals surface area contributed by atoms with Crippen LogP contribution in [0.2, 0.25) is 0 Å². The number of anilines is 1. The summed E-state index contributed by atoms with van der Waals surface area (Å²) in [6.07, 6.45) is 0. The van der Waals surface area contributed by atoms with Gasteiger partial charge < -0.3 is 5.32 Å². The molecule has 0 aliphatic heterocycles. The van der Waals surface area contributed by atoms with Gasteiger partial charge in [-0.25, -0.2) is 15.0 Å². The fourth-order valence-corrected chi connectivity index (χ4v) is 2.64. The zero-order chi connectivity index (χ0) is 13.3. The molecule has 96 valence electrons. The van der Waals surface area contributed by atoms with Gasteiger partial charge in [-0.3, -0.25) is 0 Å². The van der Waals surface area contributed by atoms with Crippen LogP contribution in [0.5, 0.6) is 0 Å². The second kappa shape index (κ2) is 5.02. The number of aryl methyl sites for hydroxylation is 2. The fraction of sp³-hybridized carbons (Fsp3) is 0.462. The molecule has 0 aromatic carbocycles. The van der Waals surface area contributed by atoms with E-state index in [-0.39, 0.29) is 0 Å². The summed E-state index contributed by atoms with van der Waals surface area (Å²) in [6.45, 7) is 8.32. The van der Waals surface area contributed by atoms with E-state index in [9.17, 15) is 0 Å². The van der Waals surface area contributed by atoms with Gasteiger partial charge in [-0.05, 0) is 19.8 Å². The Bertz CT molecular complexity index is 560. The third-order valence-corrected chi connectivity index (χ3v) is 3.57. The summed E-state index contributed by atoms with van der Waals surface area (Å²) in [5.74, 6) is 2.00. The Labute approximate surface area is 112 Å². The number of hydrogen-bond donors (Lipinski definition) is 1. The first-order valence-corrected chi connectivity index (χ1v) is 6.89. The molecule has 0 radical (unpaired) electrons. The van der Waals surface area contributed by atoms with Gasteiger partial charge in [0.1, 0.15) is 11.5 Å². The molecule has 2 aromatic rings. The zero-order valence-electron chi connectivity index (χ0n) is 11.4. The molecule has 2 aromatic heterocycles. The van der Waals surface area contributed by atoms with Crippen LogP contribution in [0.25, 0.3) is 11.5 Å². The van der Waals surface area contributed by atoms with Crippen molar-refractivity contribution in [2.24, 2.45) is 0 Å². The highest BCUT2D eigenvalue weighted by atomic mass is 32.1. The minimum atomic E-state index is 0.402. The maximum absolute atomic E-state index is 4.58. The van der Waals surface area contributed by atoms with E-state index in [1.165, 1.54) is 5.56 Å². The van der Waals surface area contributed by atoms with Crippen LogP contribution in [0.1, 0.15) is 36.0 Å². The highest BCUT2D eigenvalue weighted by Crippen LogP contribution is 2.28. The molecule has 2 heterocycles. The second-order valence-electron chi connectivity index (χ2n) is 4.55. The largest absolute Gasteiger partial charge is 0.373 e. The average molecular weight is 262 g/mol. The number of aromatic nitrogens is 3. The van der Waals surface area contributed by atoms with E-state index in [1.54, 1.807) is 11.3 Å². The van der Waals surface area contributed by atoms with Crippen molar-refractivity contribution in [3.63, 3.8) is 0 Å². The van der Waals surface area contributed by atoms with Crippen molar-refractivity contribution in [2.45, 2.75) is 33.6 Å². The topological polar surface area (TPSA) is 50.7 Å². The lowest BCUT2D eigenvalue weighted by molar-refractivity contribution is 0.833. The van der Waals surface area contributed by atoms with Gasteiger partial charge in [-0.1, -0.05) is 13.8 Å². The smallest absolute Gasteiger partial charge is 0.181 e. The first kappa shape index (κ1) is 13.0. The first-order chi connectivity index (χ1) is 8.52. The maximum Gasteiger partial charge on any atom is 0.181 e. The van der Waals surface area contributed by atoms with Gasteiger partial charge in [0.05, 0.1) is 5.01 Å². The Morgan fingerprint density at radius 3 is 2.39 bits per heavy atom. The van der Waals surface area contributed by atoms with Crippen LogP contribution in [-0.2, 0) is 0 Å². The molecule has 0 spiro atoms. The number of nitrogens with one attached hydrogen (secondary N) is 1. The predicted molar refractivity (Wildman–Crippen MR) is 76.2 cm³/mol. The minimum Gasteiger partial charge on any atom is -0.373 e. The Morgan fingerprint density at radius 1 is 1.17 bits per heavy atom. The molecule has 0 saturated heterocycles. The van der Waals surface area contributed by atoms with Crippen molar-refractivity contribution in [3.05, 3.63) is 21.6 Å². The summed E-state index contributed by atoms with van der Waals surface area (Å²) in [6, 6.07) is 0. The second-order valence-corrected chi connectivity index (χ2v) is 5.61. The molecule has 0 bridgehead atoms. The van der Waals surface area contributed by atoms with Gasteiger partial charge in [-0.2, -0.15) is 0 Å². The van der Waals surface area contributed by atoms with Crippen molar-refractivity contribution >= 4 is 17.2 Å². The molecule has 0 amide bonds. The predicted octanol–water partition coefficient (Wildman–Crippen LogP) is 3.38. The zero-order valence-corrected chi connectivity index (χ0v) is 12.2. The van der Waals surface area contributed by atoms with E-state index in [0.29, 0.717) is 11.7 Å². The van der Waals surface area contributed by atoms with Crippen molar-refractivity contribution < 1.29 is 0 Å². The highest BCUT2D eigenvalue weighted by molar-refractivity contribution is 7.09. The molecule has 0 unspecified atom stereocenters. The normalized spacial score (nSPS) is 11.0. The van der Waals surface area contributed by atoms with Crippen molar-refractivity contribution in [2.75, 3.05) is 12.4 Å². The van der Waals surface area contributed by atoms with Gasteiger partial charge in [-0.15, -0.1) is 11.3 Å². The quantitative estimate of drug-likeness (QED) is 0.921. The van der Waals surface area contributed by atoms with Crippen LogP contribution in [0, 0.1) is 13.8 Å². The number of nitrogens with zero attached hydrogens (tertiary/aromatic N) is 3. The molecular formula is C13H18N4S. The molecule has 0 aliphatic carbocycles. The molecule has 1 N–H and O–H groups in total. The van der Waals surface area contributed by atoms with Gasteiger partial charge in [0.2, 0.25) is 0 Å². The van der Waals surface area contributed by atoms with Crippen LogP contribution in [0.15, 0.2) is 5.38 Å². The molecule has 5 heteroatoms. The summed E-state index contributed by atoms with van der Waals surface area (Å²) < 4.78 is 0. The van der Waals surface area contributed by atoms with Crippen molar-refractivity contribution in [1.82, 2.24) is 15.0 Å². The Kier molecular flexibility index (Phi) is 3.61. The van der Waals surface area contributed by atoms with Gasteiger partial charge in [0.25, 0.3) is 0 Å². The lowest BCUT2D eigenvalue weighted by Crippen LogP contribution is -2.07. The van der Waals surface area contributed by atoms with Crippen LogP contribution >= 0.6 is 11.3 Å². The molecule has 4 nitrogen and oxygen atoms in total. The summed E-state index contributed by atoms with van der Waals surface area (Å²) >= 11 is 1.62. The summed E-state index contributed by atoms with van der Waals surface area (Å²) in [5.41, 5.74) is 3.05.